The van der Waals surface area contributed by atoms with Crippen molar-refractivity contribution in [2.24, 2.45) is 0 Å². The van der Waals surface area contributed by atoms with Gasteiger partial charge in [0.1, 0.15) is 6.04 Å². The van der Waals surface area contributed by atoms with E-state index in [1.54, 1.807) is 0 Å². The monoisotopic (exact) mass is 449 g/mol. The number of hydrogen-bond acceptors (Lipinski definition) is 7. The summed E-state index contributed by atoms with van der Waals surface area (Å²) in [4.78, 5) is 57.9. The first-order chi connectivity index (χ1) is 13.1. The normalized spacial score (nSPS) is 11.4. The van der Waals surface area contributed by atoms with E-state index in [1.807, 2.05) is 0 Å². The number of esters is 1. The highest BCUT2D eigenvalue weighted by Gasteiger charge is 2.25. The van der Waals surface area contributed by atoms with Crippen LogP contribution in [-0.2, 0) is 23.9 Å². The van der Waals surface area contributed by atoms with Crippen LogP contribution in [0.2, 0.25) is 10.0 Å². The van der Waals surface area contributed by atoms with Gasteiger partial charge in [0, 0.05) is 19.1 Å². The van der Waals surface area contributed by atoms with E-state index in [9.17, 15) is 24.0 Å². The largest absolute Gasteiger partial charge is 0.481 e. The molecule has 1 aromatic carbocycles. The Labute approximate surface area is 174 Å². The average Bonchev–Trinajstić information content (AvgIpc) is 2.58. The molecule has 1 atom stereocenters. The minimum Gasteiger partial charge on any atom is -0.481 e. The molecule has 0 heterocycles. The Kier molecular flexibility index (Phi) is 9.98. The summed E-state index contributed by atoms with van der Waals surface area (Å²) in [6.07, 6.45) is -0.766. The molecule has 8 nitrogen and oxygen atoms in total. The molecule has 28 heavy (non-hydrogen) atoms. The third-order valence-corrected chi connectivity index (χ3v) is 4.69. The predicted molar refractivity (Wildman–Crippen MR) is 104 cm³/mol. The second-order valence-corrected chi connectivity index (χ2v) is 7.53. The molecule has 1 rings (SSSR count). The second-order valence-electron chi connectivity index (χ2n) is 5.45. The van der Waals surface area contributed by atoms with E-state index < -0.39 is 42.7 Å². The maximum atomic E-state index is 12.2. The Balaban J connectivity index is 2.69. The lowest BCUT2D eigenvalue weighted by atomic mass is 10.1. The van der Waals surface area contributed by atoms with Crippen molar-refractivity contribution in [1.82, 2.24) is 5.32 Å². The van der Waals surface area contributed by atoms with Crippen molar-refractivity contribution in [3.8, 4) is 0 Å². The van der Waals surface area contributed by atoms with Crippen LogP contribution in [0.25, 0.3) is 0 Å². The number of carbonyl (C=O) groups is 5. The quantitative estimate of drug-likeness (QED) is 0.520. The van der Waals surface area contributed by atoms with Crippen molar-refractivity contribution in [3.05, 3.63) is 33.8 Å². The van der Waals surface area contributed by atoms with Gasteiger partial charge in [-0.05, 0) is 12.1 Å². The van der Waals surface area contributed by atoms with Crippen LogP contribution in [0.1, 0.15) is 30.1 Å². The number of halogens is 2. The molecule has 0 aliphatic rings. The Morgan fingerprint density at radius 2 is 1.79 bits per heavy atom. The van der Waals surface area contributed by atoms with E-state index in [-0.39, 0.29) is 32.9 Å². The molecule has 1 aromatic rings. The van der Waals surface area contributed by atoms with Crippen molar-refractivity contribution in [2.45, 2.75) is 25.8 Å². The van der Waals surface area contributed by atoms with Gasteiger partial charge in [-0.25, -0.2) is 4.79 Å². The highest BCUT2D eigenvalue weighted by atomic mass is 35.5. The number of aliphatic carboxylic acids is 1. The SMILES string of the molecule is CC(=O)SCCC(=O)NC(CC(=O)O)C(=O)COC(=O)c1c(Cl)cccc1Cl. The lowest BCUT2D eigenvalue weighted by Crippen LogP contribution is -2.44. The van der Waals surface area contributed by atoms with E-state index in [1.165, 1.54) is 25.1 Å². The van der Waals surface area contributed by atoms with Gasteiger partial charge >= 0.3 is 11.9 Å². The average molecular weight is 450 g/mol. The minimum atomic E-state index is -1.39. The number of rotatable bonds is 10. The third kappa shape index (κ3) is 8.28. The molecule has 0 fully saturated rings. The number of thioether (sulfide) groups is 1. The molecule has 1 unspecified atom stereocenters. The zero-order valence-corrected chi connectivity index (χ0v) is 17.0. The zero-order valence-electron chi connectivity index (χ0n) is 14.7. The van der Waals surface area contributed by atoms with Crippen LogP contribution in [0.3, 0.4) is 0 Å². The summed E-state index contributed by atoms with van der Waals surface area (Å²) < 4.78 is 4.86. The van der Waals surface area contributed by atoms with Gasteiger partial charge in [-0.2, -0.15) is 0 Å². The standard InChI is InChI=1S/C17H17Cl2NO7S/c1-9(21)28-6-5-14(23)20-12(7-15(24)25)13(22)8-27-17(26)16-10(18)3-2-4-11(16)19/h2-4,12H,5-8H2,1H3,(H,20,23)(H,24,25). The summed E-state index contributed by atoms with van der Waals surface area (Å²) in [5.41, 5.74) is -0.126. The molecule has 11 heteroatoms. The number of amides is 1. The summed E-state index contributed by atoms with van der Waals surface area (Å²) in [6.45, 7) is 0.569. The van der Waals surface area contributed by atoms with Gasteiger partial charge in [-0.3, -0.25) is 19.2 Å². The Hall–Kier alpha value is -2.10. The lowest BCUT2D eigenvalue weighted by molar-refractivity contribution is -0.140. The highest BCUT2D eigenvalue weighted by Crippen LogP contribution is 2.24. The molecule has 1 amide bonds. The minimum absolute atomic E-state index is 0.0308. The first kappa shape index (κ1) is 23.9. The number of ketones is 1. The molecule has 0 bridgehead atoms. The molecule has 0 saturated carbocycles. The molecule has 0 saturated heterocycles. The van der Waals surface area contributed by atoms with E-state index in [0.29, 0.717) is 0 Å². The van der Waals surface area contributed by atoms with Gasteiger partial charge < -0.3 is 15.2 Å². The van der Waals surface area contributed by atoms with Gasteiger partial charge in [0.15, 0.2) is 17.5 Å². The number of carboxylic acid groups (broad SMARTS) is 1. The van der Waals surface area contributed by atoms with Crippen molar-refractivity contribution in [1.29, 1.82) is 0 Å². The van der Waals surface area contributed by atoms with Gasteiger partial charge in [0.05, 0.1) is 22.0 Å². The lowest BCUT2D eigenvalue weighted by Gasteiger charge is -2.16. The van der Waals surface area contributed by atoms with Crippen molar-refractivity contribution in [2.75, 3.05) is 12.4 Å². The van der Waals surface area contributed by atoms with Crippen molar-refractivity contribution >= 4 is 63.7 Å². The smallest absolute Gasteiger partial charge is 0.341 e. The number of hydrogen-bond donors (Lipinski definition) is 2. The predicted octanol–water partition coefficient (Wildman–Crippen LogP) is 2.35. The molecule has 152 valence electrons. The molecular formula is C17H17Cl2NO7S. The van der Waals surface area contributed by atoms with Crippen LogP contribution in [0.5, 0.6) is 0 Å². The fraction of sp³-hybridized carbons (Fsp3) is 0.353. The van der Waals surface area contributed by atoms with E-state index in [0.717, 1.165) is 11.8 Å². The fourth-order valence-corrected chi connectivity index (χ4v) is 3.10. The Bertz CT molecular complexity index is 765. The highest BCUT2D eigenvalue weighted by molar-refractivity contribution is 8.13. The number of Topliss-reactive ketones (excluding diaryl/α,β-unsaturated/α-hetero) is 1. The van der Waals surface area contributed by atoms with Crippen LogP contribution < -0.4 is 5.32 Å². The molecule has 2 N–H and O–H groups in total. The maximum Gasteiger partial charge on any atom is 0.341 e. The summed E-state index contributed by atoms with van der Waals surface area (Å²) in [7, 11) is 0. The number of nitrogens with one attached hydrogen (secondary N) is 1. The molecule has 0 aliphatic carbocycles. The first-order valence-corrected chi connectivity index (χ1v) is 9.64. The van der Waals surface area contributed by atoms with Crippen LogP contribution in [-0.4, -0.2) is 52.3 Å². The Morgan fingerprint density at radius 3 is 2.32 bits per heavy atom. The summed E-state index contributed by atoms with van der Waals surface area (Å²) in [5.74, 6) is -3.51. The number of ether oxygens (including phenoxy) is 1. The second kappa shape index (κ2) is 11.7. The molecule has 0 spiro atoms. The van der Waals surface area contributed by atoms with Crippen LogP contribution in [0, 0.1) is 0 Å². The first-order valence-electron chi connectivity index (χ1n) is 7.90. The summed E-state index contributed by atoms with van der Waals surface area (Å²) in [5, 5.41) is 11.1. The van der Waals surface area contributed by atoms with Crippen LogP contribution in [0.4, 0.5) is 0 Å². The van der Waals surface area contributed by atoms with E-state index in [4.69, 9.17) is 33.0 Å². The summed E-state index contributed by atoms with van der Waals surface area (Å²) in [6, 6.07) is 2.97. The Morgan fingerprint density at radius 1 is 1.18 bits per heavy atom. The van der Waals surface area contributed by atoms with Gasteiger partial charge in [-0.15, -0.1) is 0 Å². The molecule has 0 aromatic heterocycles. The number of carbonyl (C=O) groups excluding carboxylic acids is 4. The van der Waals surface area contributed by atoms with E-state index >= 15 is 0 Å². The fourth-order valence-electron chi connectivity index (χ4n) is 1.98. The summed E-state index contributed by atoms with van der Waals surface area (Å²) >= 11 is 12.7. The van der Waals surface area contributed by atoms with Crippen molar-refractivity contribution < 1.29 is 33.8 Å². The topological polar surface area (TPSA) is 127 Å². The molecule has 0 aliphatic heterocycles. The zero-order chi connectivity index (χ0) is 21.3. The van der Waals surface area contributed by atoms with Crippen molar-refractivity contribution in [3.63, 3.8) is 0 Å². The maximum absolute atomic E-state index is 12.2. The number of benzene rings is 1. The van der Waals surface area contributed by atoms with Gasteiger partial charge in [0.25, 0.3) is 0 Å². The van der Waals surface area contributed by atoms with Gasteiger partial charge in [0.2, 0.25) is 5.91 Å². The third-order valence-electron chi connectivity index (χ3n) is 3.25. The van der Waals surface area contributed by atoms with Gasteiger partial charge in [-0.1, -0.05) is 41.0 Å². The number of carboxylic acids is 1. The van der Waals surface area contributed by atoms with Crippen LogP contribution in [0.15, 0.2) is 18.2 Å². The van der Waals surface area contributed by atoms with E-state index in [2.05, 4.69) is 5.32 Å². The van der Waals surface area contributed by atoms with Crippen LogP contribution >= 0.6 is 35.0 Å². The molecule has 0 radical (unpaired) electrons. The molecular weight excluding hydrogens is 433 g/mol.